The highest BCUT2D eigenvalue weighted by atomic mass is 79.9. The van der Waals surface area contributed by atoms with Gasteiger partial charge in [-0.2, -0.15) is 4.37 Å². The Morgan fingerprint density at radius 3 is 2.79 bits per heavy atom. The molecule has 0 radical (unpaired) electrons. The van der Waals surface area contributed by atoms with E-state index < -0.39 is 5.60 Å². The van der Waals surface area contributed by atoms with E-state index in [1.807, 2.05) is 18.2 Å². The van der Waals surface area contributed by atoms with Gasteiger partial charge in [0.05, 0.1) is 16.0 Å². The molecule has 0 saturated heterocycles. The lowest BCUT2D eigenvalue weighted by molar-refractivity contribution is 0.0839. The number of hydrogen-bond acceptors (Lipinski definition) is 3. The first-order valence-corrected chi connectivity index (χ1v) is 5.83. The first-order chi connectivity index (χ1) is 6.48. The van der Waals surface area contributed by atoms with Crippen LogP contribution in [-0.4, -0.2) is 9.48 Å². The Labute approximate surface area is 94.9 Å². The maximum atomic E-state index is 9.92. The van der Waals surface area contributed by atoms with Crippen LogP contribution in [0, 0.1) is 0 Å². The topological polar surface area (TPSA) is 33.1 Å². The van der Waals surface area contributed by atoms with Crippen LogP contribution in [0.3, 0.4) is 0 Å². The van der Waals surface area contributed by atoms with Crippen LogP contribution in [0.15, 0.2) is 22.7 Å². The minimum absolute atomic E-state index is 0.819. The Morgan fingerprint density at radius 1 is 1.43 bits per heavy atom. The lowest BCUT2D eigenvalue weighted by Gasteiger charge is -2.14. The third-order valence-corrected chi connectivity index (χ3v) is 3.68. The van der Waals surface area contributed by atoms with Gasteiger partial charge in [0.1, 0.15) is 0 Å². The standard InChI is InChI=1S/C10H10BrNOS/c1-10(2,13)9-7-5-6(11)3-4-8(7)12-14-9/h3-5,13H,1-2H3. The summed E-state index contributed by atoms with van der Waals surface area (Å²) >= 11 is 4.77. The predicted octanol–water partition coefficient (Wildman–Crippen LogP) is 3.29. The molecule has 0 amide bonds. The molecule has 0 bridgehead atoms. The first-order valence-electron chi connectivity index (χ1n) is 4.26. The van der Waals surface area contributed by atoms with Crippen molar-refractivity contribution in [3.05, 3.63) is 27.5 Å². The second kappa shape index (κ2) is 3.29. The minimum atomic E-state index is -0.819. The van der Waals surface area contributed by atoms with E-state index in [4.69, 9.17) is 0 Å². The fraction of sp³-hybridized carbons (Fsp3) is 0.300. The van der Waals surface area contributed by atoms with Crippen LogP contribution in [0.25, 0.3) is 10.9 Å². The summed E-state index contributed by atoms with van der Waals surface area (Å²) in [4.78, 5) is 0.911. The van der Waals surface area contributed by atoms with Crippen molar-refractivity contribution in [2.24, 2.45) is 0 Å². The van der Waals surface area contributed by atoms with Gasteiger partial charge in [0.25, 0.3) is 0 Å². The van der Waals surface area contributed by atoms with Gasteiger partial charge in [-0.05, 0) is 43.6 Å². The fourth-order valence-corrected chi connectivity index (χ4v) is 2.55. The average Bonchev–Trinajstić information content (AvgIpc) is 2.45. The molecular formula is C10H10BrNOS. The van der Waals surface area contributed by atoms with Gasteiger partial charge in [0.15, 0.2) is 0 Å². The molecule has 14 heavy (non-hydrogen) atoms. The van der Waals surface area contributed by atoms with E-state index in [0.717, 1.165) is 20.3 Å². The lowest BCUT2D eigenvalue weighted by Crippen LogP contribution is -2.13. The van der Waals surface area contributed by atoms with Crippen molar-refractivity contribution in [3.63, 3.8) is 0 Å². The summed E-state index contributed by atoms with van der Waals surface area (Å²) in [5.74, 6) is 0. The molecule has 0 aliphatic heterocycles. The fourth-order valence-electron chi connectivity index (χ4n) is 1.35. The molecule has 0 unspecified atom stereocenters. The first kappa shape index (κ1) is 10.1. The zero-order valence-electron chi connectivity index (χ0n) is 7.91. The normalized spacial score (nSPS) is 12.3. The van der Waals surface area contributed by atoms with Crippen LogP contribution in [0.5, 0.6) is 0 Å². The molecule has 0 atom stereocenters. The number of aromatic nitrogens is 1. The van der Waals surface area contributed by atoms with Crippen molar-refractivity contribution < 1.29 is 5.11 Å². The summed E-state index contributed by atoms with van der Waals surface area (Å²) in [6.07, 6.45) is 0. The molecule has 74 valence electrons. The molecule has 1 N–H and O–H groups in total. The van der Waals surface area contributed by atoms with Gasteiger partial charge >= 0.3 is 0 Å². The summed E-state index contributed by atoms with van der Waals surface area (Å²) < 4.78 is 5.30. The number of hydrogen-bond donors (Lipinski definition) is 1. The predicted molar refractivity (Wildman–Crippen MR) is 62.6 cm³/mol. The molecule has 0 fully saturated rings. The van der Waals surface area contributed by atoms with E-state index in [1.165, 1.54) is 11.5 Å². The van der Waals surface area contributed by atoms with E-state index in [1.54, 1.807) is 13.8 Å². The third kappa shape index (κ3) is 1.69. The van der Waals surface area contributed by atoms with Gasteiger partial charge in [0, 0.05) is 9.86 Å². The quantitative estimate of drug-likeness (QED) is 0.864. The second-order valence-corrected chi connectivity index (χ2v) is 5.42. The Balaban J connectivity index is 2.73. The van der Waals surface area contributed by atoms with Gasteiger partial charge in [-0.15, -0.1) is 0 Å². The van der Waals surface area contributed by atoms with Gasteiger partial charge < -0.3 is 5.11 Å². The largest absolute Gasteiger partial charge is 0.385 e. The molecule has 4 heteroatoms. The van der Waals surface area contributed by atoms with Crippen molar-refractivity contribution in [2.75, 3.05) is 0 Å². The van der Waals surface area contributed by atoms with Gasteiger partial charge in [-0.3, -0.25) is 0 Å². The Kier molecular flexibility index (Phi) is 2.37. The van der Waals surface area contributed by atoms with E-state index in [-0.39, 0.29) is 0 Å². The molecule has 2 rings (SSSR count). The molecule has 0 saturated carbocycles. The number of benzene rings is 1. The lowest BCUT2D eigenvalue weighted by atomic mass is 10.0. The van der Waals surface area contributed by atoms with Crippen LogP contribution in [0.1, 0.15) is 18.7 Å². The summed E-state index contributed by atoms with van der Waals surface area (Å²) in [7, 11) is 0. The Hall–Kier alpha value is -0.450. The van der Waals surface area contributed by atoms with Crippen LogP contribution >= 0.6 is 27.5 Å². The Bertz CT molecular complexity index is 472. The zero-order chi connectivity index (χ0) is 10.3. The number of aliphatic hydroxyl groups is 1. The molecular weight excluding hydrogens is 262 g/mol. The molecule has 2 nitrogen and oxygen atoms in total. The summed E-state index contributed by atoms with van der Waals surface area (Å²) in [6, 6.07) is 5.90. The highest BCUT2D eigenvalue weighted by Crippen LogP contribution is 2.33. The highest BCUT2D eigenvalue weighted by Gasteiger charge is 2.21. The van der Waals surface area contributed by atoms with E-state index in [9.17, 15) is 5.11 Å². The van der Waals surface area contributed by atoms with Crippen molar-refractivity contribution >= 4 is 38.4 Å². The van der Waals surface area contributed by atoms with Crippen molar-refractivity contribution in [1.29, 1.82) is 0 Å². The summed E-state index contributed by atoms with van der Waals surface area (Å²) in [6.45, 7) is 3.56. The molecule has 1 aromatic heterocycles. The molecule has 0 spiro atoms. The Morgan fingerprint density at radius 2 is 2.14 bits per heavy atom. The minimum Gasteiger partial charge on any atom is -0.385 e. The van der Waals surface area contributed by atoms with Crippen molar-refractivity contribution in [2.45, 2.75) is 19.4 Å². The number of halogens is 1. The molecule has 0 aliphatic rings. The highest BCUT2D eigenvalue weighted by molar-refractivity contribution is 9.10. The van der Waals surface area contributed by atoms with E-state index >= 15 is 0 Å². The molecule has 1 aromatic carbocycles. The smallest absolute Gasteiger partial charge is 0.0954 e. The van der Waals surface area contributed by atoms with Crippen LogP contribution in [0.2, 0.25) is 0 Å². The monoisotopic (exact) mass is 271 g/mol. The van der Waals surface area contributed by atoms with E-state index in [0.29, 0.717) is 0 Å². The third-order valence-electron chi connectivity index (χ3n) is 1.99. The SMILES string of the molecule is CC(C)(O)c1snc2ccc(Br)cc12. The number of rotatable bonds is 1. The maximum Gasteiger partial charge on any atom is 0.0954 e. The number of nitrogens with zero attached hydrogens (tertiary/aromatic N) is 1. The molecule has 1 heterocycles. The summed E-state index contributed by atoms with van der Waals surface area (Å²) in [5.41, 5.74) is 0.121. The average molecular weight is 272 g/mol. The molecule has 0 aliphatic carbocycles. The van der Waals surface area contributed by atoms with Crippen LogP contribution in [0.4, 0.5) is 0 Å². The van der Waals surface area contributed by atoms with Crippen LogP contribution < -0.4 is 0 Å². The number of fused-ring (bicyclic) bond motifs is 1. The maximum absolute atomic E-state index is 9.92. The van der Waals surface area contributed by atoms with Gasteiger partial charge in [-0.25, -0.2) is 0 Å². The van der Waals surface area contributed by atoms with Gasteiger partial charge in [0.2, 0.25) is 0 Å². The van der Waals surface area contributed by atoms with Crippen molar-refractivity contribution in [1.82, 2.24) is 4.37 Å². The van der Waals surface area contributed by atoms with Gasteiger partial charge in [-0.1, -0.05) is 15.9 Å². The van der Waals surface area contributed by atoms with Crippen molar-refractivity contribution in [3.8, 4) is 0 Å². The van der Waals surface area contributed by atoms with Crippen LogP contribution in [-0.2, 0) is 5.60 Å². The molecule has 2 aromatic rings. The summed E-state index contributed by atoms with van der Waals surface area (Å²) in [5, 5.41) is 10.9. The van der Waals surface area contributed by atoms with E-state index in [2.05, 4.69) is 20.3 Å². The zero-order valence-corrected chi connectivity index (χ0v) is 10.3. The second-order valence-electron chi connectivity index (χ2n) is 3.73.